The van der Waals surface area contributed by atoms with Crippen molar-refractivity contribution in [2.75, 3.05) is 7.11 Å². The van der Waals surface area contributed by atoms with Crippen LogP contribution in [0.2, 0.25) is 5.02 Å². The molecule has 0 saturated carbocycles. The van der Waals surface area contributed by atoms with E-state index >= 15 is 0 Å². The van der Waals surface area contributed by atoms with E-state index in [-0.39, 0.29) is 32.0 Å². The van der Waals surface area contributed by atoms with Gasteiger partial charge in [0.1, 0.15) is 17.3 Å². The largest absolute Gasteiger partial charge is 0.497 e. The molecule has 9 nitrogen and oxygen atoms in total. The Morgan fingerprint density at radius 3 is 2.65 bits per heavy atom. The molecule has 0 bridgehead atoms. The second-order valence-corrected chi connectivity index (χ2v) is 8.92. The third kappa shape index (κ3) is 4.81. The van der Waals surface area contributed by atoms with Gasteiger partial charge in [-0.2, -0.15) is 5.01 Å². The Bertz CT molecular complexity index is 1350. The molecule has 12 heteroatoms. The second-order valence-electron chi connectivity index (χ2n) is 6.81. The summed E-state index contributed by atoms with van der Waals surface area (Å²) < 4.78 is 10.9. The first kappa shape index (κ1) is 23.5. The summed E-state index contributed by atoms with van der Waals surface area (Å²) in [6.07, 6.45) is 1.45. The maximum atomic E-state index is 12.8. The van der Waals surface area contributed by atoms with Gasteiger partial charge in [-0.05, 0) is 60.7 Å². The van der Waals surface area contributed by atoms with Crippen LogP contribution in [0, 0.1) is 10.1 Å². The molecule has 0 unspecified atom stereocenters. The van der Waals surface area contributed by atoms with Crippen molar-refractivity contribution in [1.82, 2.24) is 10.4 Å². The third-order valence-electron chi connectivity index (χ3n) is 4.68. The maximum absolute atomic E-state index is 12.8. The van der Waals surface area contributed by atoms with E-state index in [0.29, 0.717) is 16.3 Å². The van der Waals surface area contributed by atoms with Crippen LogP contribution in [-0.4, -0.2) is 33.2 Å². The van der Waals surface area contributed by atoms with Crippen LogP contribution in [0.1, 0.15) is 16.1 Å². The van der Waals surface area contributed by atoms with Gasteiger partial charge < -0.3 is 9.15 Å². The number of carbonyl (C=O) groups excluding carboxylic acids is 2. The zero-order valence-corrected chi connectivity index (χ0v) is 19.7. The highest BCUT2D eigenvalue weighted by Crippen LogP contribution is 2.36. The Hall–Kier alpha value is -3.67. The zero-order valence-electron chi connectivity index (χ0n) is 17.3. The molecule has 2 heterocycles. The molecule has 1 saturated heterocycles. The number of thiocarbonyl (C=S) groups is 1. The average molecular weight is 516 g/mol. The van der Waals surface area contributed by atoms with Gasteiger partial charge in [-0.25, -0.2) is 0 Å². The number of ether oxygens (including phenoxy) is 1. The number of amides is 2. The van der Waals surface area contributed by atoms with Gasteiger partial charge in [0.25, 0.3) is 17.5 Å². The van der Waals surface area contributed by atoms with Crippen LogP contribution in [0.3, 0.4) is 0 Å². The van der Waals surface area contributed by atoms with Crippen LogP contribution in [0.15, 0.2) is 63.9 Å². The van der Waals surface area contributed by atoms with Gasteiger partial charge in [0.05, 0.1) is 28.6 Å². The number of nitrogens with zero attached hydrogens (tertiary/aromatic N) is 2. The SMILES string of the molecule is COc1ccc(-c2ccc(/C=C3/SC(=S)N(NC(=O)c4ccc(Cl)cc4)C3=O)o2)c([N+](=O)[O-])c1. The lowest BCUT2D eigenvalue weighted by Gasteiger charge is -2.15. The number of halogens is 1. The molecule has 1 aliphatic heterocycles. The van der Waals surface area contributed by atoms with Crippen molar-refractivity contribution < 1.29 is 23.7 Å². The van der Waals surface area contributed by atoms with Crippen LogP contribution < -0.4 is 10.2 Å². The number of benzene rings is 2. The summed E-state index contributed by atoms with van der Waals surface area (Å²) in [5, 5.41) is 12.9. The number of hydrazine groups is 1. The summed E-state index contributed by atoms with van der Waals surface area (Å²) in [6.45, 7) is 0. The Morgan fingerprint density at radius 2 is 1.97 bits per heavy atom. The highest BCUT2D eigenvalue weighted by molar-refractivity contribution is 8.26. The normalized spacial score (nSPS) is 14.5. The Kier molecular flexibility index (Phi) is 6.68. The number of thioether (sulfide) groups is 1. The van der Waals surface area contributed by atoms with Crippen molar-refractivity contribution in [3.63, 3.8) is 0 Å². The smallest absolute Gasteiger partial charge is 0.285 e. The Balaban J connectivity index is 1.54. The molecule has 2 aromatic carbocycles. The number of rotatable bonds is 6. The number of methoxy groups -OCH3 is 1. The number of nitro benzene ring substituents is 1. The number of carbonyl (C=O) groups is 2. The molecule has 1 N–H and O–H groups in total. The molecular weight excluding hydrogens is 502 g/mol. The van der Waals surface area contributed by atoms with Crippen LogP contribution >= 0.6 is 35.6 Å². The number of hydrogen-bond acceptors (Lipinski definition) is 8. The van der Waals surface area contributed by atoms with Crippen LogP contribution in [0.5, 0.6) is 5.75 Å². The molecule has 1 fully saturated rings. The number of furan rings is 1. The first-order chi connectivity index (χ1) is 16.3. The van der Waals surface area contributed by atoms with Gasteiger partial charge in [0, 0.05) is 16.7 Å². The summed E-state index contributed by atoms with van der Waals surface area (Å²) in [7, 11) is 1.41. The van der Waals surface area contributed by atoms with Crippen molar-refractivity contribution in [2.45, 2.75) is 0 Å². The summed E-state index contributed by atoms with van der Waals surface area (Å²) in [5.41, 5.74) is 2.85. The van der Waals surface area contributed by atoms with Gasteiger partial charge in [-0.1, -0.05) is 23.4 Å². The van der Waals surface area contributed by atoms with E-state index in [1.807, 2.05) is 0 Å². The standard InChI is InChI=1S/C22H14ClN3O6S2/c1-31-14-6-8-16(17(10-14)26(29)30)18-9-7-15(32-18)11-19-21(28)25(22(33)34-19)24-20(27)12-2-4-13(23)5-3-12/h2-11H,1H3,(H,24,27)/b19-11+. The molecule has 34 heavy (non-hydrogen) atoms. The molecule has 0 radical (unpaired) electrons. The van der Waals surface area contributed by atoms with Crippen LogP contribution in [-0.2, 0) is 4.79 Å². The molecule has 172 valence electrons. The van der Waals surface area contributed by atoms with E-state index in [1.54, 1.807) is 30.3 Å². The molecule has 2 amide bonds. The number of nitro groups is 1. The minimum atomic E-state index is -0.536. The first-order valence-corrected chi connectivity index (χ1v) is 11.1. The summed E-state index contributed by atoms with van der Waals surface area (Å²) >= 11 is 12.0. The van der Waals surface area contributed by atoms with E-state index in [9.17, 15) is 19.7 Å². The molecule has 0 aliphatic carbocycles. The summed E-state index contributed by atoms with van der Waals surface area (Å²) in [4.78, 5) is 36.4. The lowest BCUT2D eigenvalue weighted by molar-refractivity contribution is -0.384. The van der Waals surface area contributed by atoms with Gasteiger partial charge in [-0.3, -0.25) is 25.1 Å². The van der Waals surface area contributed by atoms with E-state index in [2.05, 4.69) is 5.43 Å². The lowest BCUT2D eigenvalue weighted by atomic mass is 10.1. The van der Waals surface area contributed by atoms with E-state index in [1.165, 1.54) is 37.5 Å². The predicted molar refractivity (Wildman–Crippen MR) is 131 cm³/mol. The third-order valence-corrected chi connectivity index (χ3v) is 6.23. The van der Waals surface area contributed by atoms with Crippen molar-refractivity contribution in [1.29, 1.82) is 0 Å². The number of hydrogen-bond donors (Lipinski definition) is 1. The van der Waals surface area contributed by atoms with Crippen LogP contribution in [0.4, 0.5) is 5.69 Å². The lowest BCUT2D eigenvalue weighted by Crippen LogP contribution is -2.44. The fourth-order valence-electron chi connectivity index (χ4n) is 3.03. The molecular formula is C22H14ClN3O6S2. The van der Waals surface area contributed by atoms with Crippen molar-refractivity contribution in [3.05, 3.63) is 86.0 Å². The van der Waals surface area contributed by atoms with E-state index in [4.69, 9.17) is 33.0 Å². The van der Waals surface area contributed by atoms with Gasteiger partial charge in [-0.15, -0.1) is 0 Å². The van der Waals surface area contributed by atoms with Crippen molar-refractivity contribution in [2.24, 2.45) is 0 Å². The Morgan fingerprint density at radius 1 is 1.24 bits per heavy atom. The highest BCUT2D eigenvalue weighted by atomic mass is 35.5. The second kappa shape index (κ2) is 9.67. The summed E-state index contributed by atoms with van der Waals surface area (Å²) in [5.74, 6) is -0.199. The van der Waals surface area contributed by atoms with Gasteiger partial charge >= 0.3 is 0 Å². The van der Waals surface area contributed by atoms with E-state index in [0.717, 1.165) is 16.8 Å². The summed E-state index contributed by atoms with van der Waals surface area (Å²) in [6, 6.07) is 13.7. The molecule has 4 rings (SSSR count). The topological polar surface area (TPSA) is 115 Å². The molecule has 3 aromatic rings. The minimum absolute atomic E-state index is 0.135. The fraction of sp³-hybridized carbons (Fsp3) is 0.0455. The molecule has 1 aliphatic rings. The van der Waals surface area contributed by atoms with Crippen LogP contribution in [0.25, 0.3) is 17.4 Å². The first-order valence-electron chi connectivity index (χ1n) is 9.54. The maximum Gasteiger partial charge on any atom is 0.285 e. The number of nitrogens with one attached hydrogen (secondary N) is 1. The predicted octanol–water partition coefficient (Wildman–Crippen LogP) is 5.06. The van der Waals surface area contributed by atoms with Gasteiger partial charge in [0.2, 0.25) is 0 Å². The van der Waals surface area contributed by atoms with Gasteiger partial charge in [0.15, 0.2) is 4.32 Å². The highest BCUT2D eigenvalue weighted by Gasteiger charge is 2.34. The van der Waals surface area contributed by atoms with E-state index < -0.39 is 16.7 Å². The minimum Gasteiger partial charge on any atom is -0.497 e. The molecule has 0 spiro atoms. The quantitative estimate of drug-likeness (QED) is 0.209. The average Bonchev–Trinajstić information content (AvgIpc) is 3.39. The Labute approximate surface area is 207 Å². The zero-order chi connectivity index (χ0) is 24.4. The molecule has 1 aromatic heterocycles. The van der Waals surface area contributed by atoms with Crippen molar-refractivity contribution in [3.8, 4) is 17.1 Å². The monoisotopic (exact) mass is 515 g/mol. The molecule has 0 atom stereocenters. The fourth-order valence-corrected chi connectivity index (χ4v) is 4.32. The van der Waals surface area contributed by atoms with Crippen molar-refractivity contribution >= 4 is 63.5 Å².